The number of benzene rings is 2. The normalized spacial score (nSPS) is 17.5. The Balaban J connectivity index is 1.71. The zero-order valence-corrected chi connectivity index (χ0v) is 17.4. The van der Waals surface area contributed by atoms with Crippen molar-refractivity contribution in [2.24, 2.45) is 0 Å². The zero-order chi connectivity index (χ0) is 20.9. The Kier molecular flexibility index (Phi) is 6.76. The minimum atomic E-state index is -3.67. The molecule has 8 heteroatoms. The van der Waals surface area contributed by atoms with Crippen LogP contribution in [0.5, 0.6) is 11.5 Å². The first-order valence-electron chi connectivity index (χ1n) is 9.56. The Morgan fingerprint density at radius 3 is 2.41 bits per heavy atom. The molecule has 0 aromatic heterocycles. The van der Waals surface area contributed by atoms with Crippen LogP contribution in [-0.2, 0) is 19.6 Å². The minimum Gasteiger partial charge on any atom is -0.457 e. The van der Waals surface area contributed by atoms with E-state index < -0.39 is 16.1 Å². The van der Waals surface area contributed by atoms with Crippen molar-refractivity contribution in [3.63, 3.8) is 0 Å². The fraction of sp³-hybridized carbons (Fsp3) is 0.381. The molecule has 0 saturated carbocycles. The van der Waals surface area contributed by atoms with Crippen LogP contribution in [0.3, 0.4) is 0 Å². The summed E-state index contributed by atoms with van der Waals surface area (Å²) in [5.74, 6) is 0.890. The van der Waals surface area contributed by atoms with Crippen molar-refractivity contribution in [2.45, 2.75) is 31.9 Å². The number of carbonyl (C=O) groups is 1. The van der Waals surface area contributed by atoms with Gasteiger partial charge in [-0.15, -0.1) is 0 Å². The summed E-state index contributed by atoms with van der Waals surface area (Å²) in [7, 11) is -3.67. The fourth-order valence-corrected chi connectivity index (χ4v) is 4.44. The highest BCUT2D eigenvalue weighted by Crippen LogP contribution is 2.27. The van der Waals surface area contributed by atoms with Crippen molar-refractivity contribution in [2.75, 3.05) is 23.7 Å². The molecule has 2 aromatic rings. The predicted molar refractivity (Wildman–Crippen MR) is 112 cm³/mol. The summed E-state index contributed by atoms with van der Waals surface area (Å²) in [6.07, 6.45) is 2.95. The van der Waals surface area contributed by atoms with E-state index in [4.69, 9.17) is 9.47 Å². The second-order valence-corrected chi connectivity index (χ2v) is 8.88. The third-order valence-corrected chi connectivity index (χ3v) is 5.93. The van der Waals surface area contributed by atoms with Crippen molar-refractivity contribution >= 4 is 21.6 Å². The number of sulfonamides is 1. The van der Waals surface area contributed by atoms with Crippen LogP contribution >= 0.6 is 0 Å². The lowest BCUT2D eigenvalue weighted by Gasteiger charge is -2.28. The van der Waals surface area contributed by atoms with Crippen molar-refractivity contribution in [1.82, 2.24) is 5.32 Å². The molecule has 7 nitrogen and oxygen atoms in total. The molecule has 1 heterocycles. The van der Waals surface area contributed by atoms with Gasteiger partial charge in [-0.25, -0.2) is 8.42 Å². The predicted octanol–water partition coefficient (Wildman–Crippen LogP) is 2.93. The van der Waals surface area contributed by atoms with Crippen LogP contribution in [0.2, 0.25) is 0 Å². The first-order chi connectivity index (χ1) is 13.8. The van der Waals surface area contributed by atoms with Gasteiger partial charge >= 0.3 is 0 Å². The van der Waals surface area contributed by atoms with Gasteiger partial charge in [0.1, 0.15) is 17.5 Å². The molecule has 3 rings (SSSR count). The maximum atomic E-state index is 12.6. The van der Waals surface area contributed by atoms with E-state index in [1.54, 1.807) is 31.2 Å². The Bertz CT molecular complexity index is 910. The lowest BCUT2D eigenvalue weighted by Crippen LogP contribution is -2.49. The molecule has 29 heavy (non-hydrogen) atoms. The average molecular weight is 419 g/mol. The van der Waals surface area contributed by atoms with Gasteiger partial charge in [-0.1, -0.05) is 18.2 Å². The molecule has 1 aliphatic rings. The number of rotatable bonds is 8. The van der Waals surface area contributed by atoms with E-state index in [0.29, 0.717) is 30.3 Å². The molecule has 0 spiro atoms. The number of anilines is 1. The number of nitrogens with one attached hydrogen (secondary N) is 1. The van der Waals surface area contributed by atoms with E-state index in [-0.39, 0.29) is 12.0 Å². The van der Waals surface area contributed by atoms with E-state index in [1.165, 1.54) is 0 Å². The SMILES string of the molecule is C[C@@H](C(=O)NC[C@H]1CCCO1)N(c1ccc(Oc2ccccc2)cc1)S(C)(=O)=O. The molecule has 156 valence electrons. The smallest absolute Gasteiger partial charge is 0.243 e. The molecule has 0 bridgehead atoms. The van der Waals surface area contributed by atoms with Crippen LogP contribution in [0.1, 0.15) is 19.8 Å². The van der Waals surface area contributed by atoms with Crippen LogP contribution in [0.15, 0.2) is 54.6 Å². The topological polar surface area (TPSA) is 84.9 Å². The highest BCUT2D eigenvalue weighted by molar-refractivity contribution is 7.92. The van der Waals surface area contributed by atoms with E-state index in [1.807, 2.05) is 30.3 Å². The highest BCUT2D eigenvalue weighted by atomic mass is 32.2. The maximum absolute atomic E-state index is 12.6. The summed E-state index contributed by atoms with van der Waals surface area (Å²) >= 11 is 0. The highest BCUT2D eigenvalue weighted by Gasteiger charge is 2.29. The quantitative estimate of drug-likeness (QED) is 0.713. The van der Waals surface area contributed by atoms with Gasteiger partial charge in [0.05, 0.1) is 18.0 Å². The lowest BCUT2D eigenvalue weighted by atomic mass is 10.2. The van der Waals surface area contributed by atoms with E-state index in [9.17, 15) is 13.2 Å². The van der Waals surface area contributed by atoms with E-state index in [2.05, 4.69) is 5.32 Å². The van der Waals surface area contributed by atoms with Crippen molar-refractivity contribution < 1.29 is 22.7 Å². The number of ether oxygens (including phenoxy) is 2. The number of nitrogens with zero attached hydrogens (tertiary/aromatic N) is 1. The molecule has 1 fully saturated rings. The zero-order valence-electron chi connectivity index (χ0n) is 16.6. The summed E-state index contributed by atoms with van der Waals surface area (Å²) < 4.78 is 37.2. The molecule has 1 N–H and O–H groups in total. The van der Waals surface area contributed by atoms with Crippen LogP contribution in [0.4, 0.5) is 5.69 Å². The maximum Gasteiger partial charge on any atom is 0.243 e. The number of para-hydroxylation sites is 1. The summed E-state index contributed by atoms with van der Waals surface area (Å²) in [6, 6.07) is 15.0. The average Bonchev–Trinajstić information content (AvgIpc) is 3.21. The Hall–Kier alpha value is -2.58. The molecular weight excluding hydrogens is 392 g/mol. The van der Waals surface area contributed by atoms with Gasteiger partial charge in [-0.2, -0.15) is 0 Å². The molecule has 0 radical (unpaired) electrons. The summed E-state index contributed by atoms with van der Waals surface area (Å²) in [4.78, 5) is 12.6. The lowest BCUT2D eigenvalue weighted by molar-refractivity contribution is -0.122. The van der Waals surface area contributed by atoms with Crippen molar-refractivity contribution in [1.29, 1.82) is 0 Å². The third kappa shape index (κ3) is 5.71. The standard InChI is InChI=1S/C21H26N2O5S/c1-16(21(24)22-15-20-9-6-14-27-20)23(29(2,25)26)17-10-12-19(13-11-17)28-18-7-4-3-5-8-18/h3-5,7-8,10-13,16,20H,6,9,14-15H2,1-2H3,(H,22,24)/t16-,20+/m0/s1. The molecule has 1 amide bonds. The Labute approximate surface area is 171 Å². The monoisotopic (exact) mass is 418 g/mol. The number of amides is 1. The Morgan fingerprint density at radius 2 is 1.83 bits per heavy atom. The largest absolute Gasteiger partial charge is 0.457 e. The van der Waals surface area contributed by atoms with Crippen molar-refractivity contribution in [3.8, 4) is 11.5 Å². The second kappa shape index (κ2) is 9.28. The first-order valence-corrected chi connectivity index (χ1v) is 11.4. The molecule has 0 aliphatic carbocycles. The third-order valence-electron chi connectivity index (χ3n) is 4.69. The van der Waals surface area contributed by atoms with Gasteiger partial charge in [0.2, 0.25) is 15.9 Å². The summed E-state index contributed by atoms with van der Waals surface area (Å²) in [5.41, 5.74) is 0.396. The molecule has 0 unspecified atom stereocenters. The first kappa shape index (κ1) is 21.1. The molecule has 2 atom stereocenters. The van der Waals surface area contributed by atoms with Gasteiger partial charge in [-0.3, -0.25) is 9.10 Å². The molecular formula is C21H26N2O5S. The van der Waals surface area contributed by atoms with Crippen LogP contribution in [-0.4, -0.2) is 45.9 Å². The number of hydrogen-bond donors (Lipinski definition) is 1. The Morgan fingerprint density at radius 1 is 1.17 bits per heavy atom. The number of carbonyl (C=O) groups excluding carboxylic acids is 1. The van der Waals surface area contributed by atoms with Gasteiger partial charge < -0.3 is 14.8 Å². The van der Waals surface area contributed by atoms with Gasteiger partial charge in [0, 0.05) is 13.2 Å². The van der Waals surface area contributed by atoms with Crippen LogP contribution in [0, 0.1) is 0 Å². The molecule has 1 saturated heterocycles. The molecule has 2 aromatic carbocycles. The number of hydrogen-bond acceptors (Lipinski definition) is 5. The summed E-state index contributed by atoms with van der Waals surface area (Å²) in [5, 5.41) is 2.80. The van der Waals surface area contributed by atoms with Gasteiger partial charge in [0.25, 0.3) is 0 Å². The van der Waals surface area contributed by atoms with E-state index in [0.717, 1.165) is 23.4 Å². The van der Waals surface area contributed by atoms with E-state index >= 15 is 0 Å². The van der Waals surface area contributed by atoms with Crippen LogP contribution in [0.25, 0.3) is 0 Å². The summed E-state index contributed by atoms with van der Waals surface area (Å²) in [6.45, 7) is 2.65. The van der Waals surface area contributed by atoms with Crippen molar-refractivity contribution in [3.05, 3.63) is 54.6 Å². The van der Waals surface area contributed by atoms with Crippen LogP contribution < -0.4 is 14.4 Å². The second-order valence-electron chi connectivity index (χ2n) is 7.02. The fourth-order valence-electron chi connectivity index (χ4n) is 3.26. The minimum absolute atomic E-state index is 0.00717. The van der Waals surface area contributed by atoms with Gasteiger partial charge in [0.15, 0.2) is 0 Å². The van der Waals surface area contributed by atoms with Gasteiger partial charge in [-0.05, 0) is 56.2 Å². The molecule has 1 aliphatic heterocycles.